The molecular weight excluding hydrogens is 458 g/mol. The molecule has 35 heavy (non-hydrogen) atoms. The highest BCUT2D eigenvalue weighted by Crippen LogP contribution is 2.25. The summed E-state index contributed by atoms with van der Waals surface area (Å²) >= 11 is 6.01. The Hall–Kier alpha value is -2.67. The number of aromatic hydroxyl groups is 1. The van der Waals surface area contributed by atoms with Gasteiger partial charge in [0.1, 0.15) is 5.75 Å². The molecule has 2 heterocycles. The third-order valence-electron chi connectivity index (χ3n) is 6.90. The summed E-state index contributed by atoms with van der Waals surface area (Å²) < 4.78 is 0. The topological polar surface area (TPSA) is 64.5 Å². The van der Waals surface area contributed by atoms with Gasteiger partial charge in [-0.15, -0.1) is 0 Å². The minimum absolute atomic E-state index is 0.102. The molecule has 2 aromatic carbocycles. The molecule has 0 bridgehead atoms. The van der Waals surface area contributed by atoms with Crippen LogP contribution in [-0.4, -0.2) is 63.6 Å². The Bertz CT molecular complexity index is 1100. The van der Waals surface area contributed by atoms with Crippen LogP contribution in [0.5, 0.6) is 5.75 Å². The summed E-state index contributed by atoms with van der Waals surface area (Å²) in [6, 6.07) is 16.6. The lowest BCUT2D eigenvalue weighted by Gasteiger charge is -2.37. The lowest BCUT2D eigenvalue weighted by atomic mass is 10.0. The molecule has 1 fully saturated rings. The van der Waals surface area contributed by atoms with Gasteiger partial charge < -0.3 is 15.3 Å². The molecule has 1 aliphatic heterocycles. The number of phenolic OH excluding ortho intramolecular Hbond substituents is 1. The van der Waals surface area contributed by atoms with Gasteiger partial charge in [0.2, 0.25) is 5.95 Å². The molecule has 4 rings (SSSR count). The van der Waals surface area contributed by atoms with Gasteiger partial charge in [-0.25, -0.2) is 9.97 Å². The van der Waals surface area contributed by atoms with Crippen molar-refractivity contribution in [3.8, 4) is 17.0 Å². The number of aromatic nitrogens is 2. The molecule has 1 aliphatic rings. The molecule has 3 aromatic rings. The molecule has 1 saturated heterocycles. The van der Waals surface area contributed by atoms with E-state index in [-0.39, 0.29) is 5.75 Å². The predicted molar refractivity (Wildman–Crippen MR) is 144 cm³/mol. The quantitative estimate of drug-likeness (QED) is 0.391. The van der Waals surface area contributed by atoms with Crippen LogP contribution in [0.4, 0.5) is 5.95 Å². The first-order valence-electron chi connectivity index (χ1n) is 12.7. The van der Waals surface area contributed by atoms with Crippen LogP contribution in [0.3, 0.4) is 0 Å². The number of likely N-dealkylation sites (tertiary alicyclic amines) is 1. The Morgan fingerprint density at radius 1 is 1.09 bits per heavy atom. The highest BCUT2D eigenvalue weighted by molar-refractivity contribution is 6.32. The van der Waals surface area contributed by atoms with E-state index in [0.29, 0.717) is 23.6 Å². The van der Waals surface area contributed by atoms with Gasteiger partial charge in [-0.2, -0.15) is 0 Å². The molecule has 0 amide bonds. The van der Waals surface area contributed by atoms with Crippen LogP contribution in [0, 0.1) is 0 Å². The summed E-state index contributed by atoms with van der Waals surface area (Å²) in [5.41, 5.74) is 4.39. The Kier molecular flexibility index (Phi) is 8.96. The number of benzene rings is 2. The fraction of sp³-hybridized carbons (Fsp3) is 0.429. The number of phenols is 1. The second kappa shape index (κ2) is 12.3. The molecule has 186 valence electrons. The van der Waals surface area contributed by atoms with E-state index >= 15 is 0 Å². The minimum atomic E-state index is 0.102. The average Bonchev–Trinajstić information content (AvgIpc) is 2.90. The maximum Gasteiger partial charge on any atom is 0.223 e. The number of rotatable bonds is 10. The first-order chi connectivity index (χ1) is 17.1. The third kappa shape index (κ3) is 6.94. The van der Waals surface area contributed by atoms with Gasteiger partial charge in [0, 0.05) is 30.9 Å². The smallest absolute Gasteiger partial charge is 0.223 e. The molecule has 1 aromatic heterocycles. The lowest BCUT2D eigenvalue weighted by molar-refractivity contribution is 0.110. The lowest BCUT2D eigenvalue weighted by Crippen LogP contribution is -2.44. The largest absolute Gasteiger partial charge is 0.506 e. The maximum absolute atomic E-state index is 9.58. The number of piperidine rings is 1. The van der Waals surface area contributed by atoms with Gasteiger partial charge in [0.05, 0.1) is 10.7 Å². The number of nitrogens with zero attached hydrogens (tertiary/aromatic N) is 4. The highest BCUT2D eigenvalue weighted by Gasteiger charge is 2.23. The number of hydrogen-bond donors (Lipinski definition) is 2. The van der Waals surface area contributed by atoms with E-state index < -0.39 is 0 Å². The van der Waals surface area contributed by atoms with E-state index in [4.69, 9.17) is 16.6 Å². The fourth-order valence-corrected chi connectivity index (χ4v) is 5.00. The van der Waals surface area contributed by atoms with Gasteiger partial charge >= 0.3 is 0 Å². The molecule has 2 N–H and O–H groups in total. The predicted octanol–water partition coefficient (Wildman–Crippen LogP) is 5.46. The van der Waals surface area contributed by atoms with Crippen molar-refractivity contribution in [1.29, 1.82) is 0 Å². The zero-order valence-corrected chi connectivity index (χ0v) is 21.5. The summed E-state index contributed by atoms with van der Waals surface area (Å²) in [5.74, 6) is 0.709. The summed E-state index contributed by atoms with van der Waals surface area (Å²) in [7, 11) is 0. The van der Waals surface area contributed by atoms with Gasteiger partial charge in [-0.3, -0.25) is 4.90 Å². The van der Waals surface area contributed by atoms with E-state index in [2.05, 4.69) is 58.2 Å². The average molecular weight is 494 g/mol. The van der Waals surface area contributed by atoms with Crippen molar-refractivity contribution in [3.63, 3.8) is 0 Å². The van der Waals surface area contributed by atoms with Crippen molar-refractivity contribution in [1.82, 2.24) is 19.8 Å². The van der Waals surface area contributed by atoms with Crippen LogP contribution in [-0.2, 0) is 13.0 Å². The molecule has 6 nitrogen and oxygen atoms in total. The SMILES string of the molecule is CCN1CCC(N(CC)Cc2cccc(-c3ccnc(NCCc4ccc(O)c(Cl)c4)n3)c2)CC1. The van der Waals surface area contributed by atoms with Crippen molar-refractivity contribution < 1.29 is 5.11 Å². The second-order valence-corrected chi connectivity index (χ2v) is 9.56. The van der Waals surface area contributed by atoms with Crippen LogP contribution in [0.15, 0.2) is 54.7 Å². The summed E-state index contributed by atoms with van der Waals surface area (Å²) in [5, 5.41) is 13.3. The van der Waals surface area contributed by atoms with Crippen LogP contribution < -0.4 is 5.32 Å². The number of nitrogens with one attached hydrogen (secondary N) is 1. The van der Waals surface area contributed by atoms with Gasteiger partial charge in [0.15, 0.2) is 0 Å². The Morgan fingerprint density at radius 3 is 2.66 bits per heavy atom. The van der Waals surface area contributed by atoms with Gasteiger partial charge in [0.25, 0.3) is 0 Å². The molecule has 0 radical (unpaired) electrons. The van der Waals surface area contributed by atoms with E-state index in [1.54, 1.807) is 18.3 Å². The molecule has 7 heteroatoms. The van der Waals surface area contributed by atoms with Crippen molar-refractivity contribution in [2.75, 3.05) is 38.0 Å². The number of hydrogen-bond acceptors (Lipinski definition) is 6. The van der Waals surface area contributed by atoms with Crippen LogP contribution in [0.2, 0.25) is 5.02 Å². The number of halogens is 1. The van der Waals surface area contributed by atoms with Crippen molar-refractivity contribution in [3.05, 3.63) is 70.9 Å². The Labute approximate surface area is 214 Å². The van der Waals surface area contributed by atoms with Crippen LogP contribution in [0.1, 0.15) is 37.8 Å². The summed E-state index contributed by atoms with van der Waals surface area (Å²) in [4.78, 5) is 14.3. The van der Waals surface area contributed by atoms with Crippen LogP contribution >= 0.6 is 11.6 Å². The van der Waals surface area contributed by atoms with Crippen molar-refractivity contribution in [2.45, 2.75) is 45.7 Å². The normalized spacial score (nSPS) is 15.0. The third-order valence-corrected chi connectivity index (χ3v) is 7.20. The molecular formula is C28H36ClN5O. The zero-order chi connectivity index (χ0) is 24.6. The highest BCUT2D eigenvalue weighted by atomic mass is 35.5. The number of anilines is 1. The van der Waals surface area contributed by atoms with Crippen LogP contribution in [0.25, 0.3) is 11.3 Å². The van der Waals surface area contributed by atoms with Crippen molar-refractivity contribution in [2.24, 2.45) is 0 Å². The minimum Gasteiger partial charge on any atom is -0.506 e. The first-order valence-corrected chi connectivity index (χ1v) is 13.0. The van der Waals surface area contributed by atoms with Gasteiger partial charge in [-0.1, -0.05) is 49.7 Å². The molecule has 0 spiro atoms. The zero-order valence-electron chi connectivity index (χ0n) is 20.8. The van der Waals surface area contributed by atoms with E-state index in [1.165, 1.54) is 31.5 Å². The molecule has 0 aliphatic carbocycles. The van der Waals surface area contributed by atoms with E-state index in [1.807, 2.05) is 12.1 Å². The van der Waals surface area contributed by atoms with Gasteiger partial charge in [-0.05, 0) is 80.8 Å². The van der Waals surface area contributed by atoms with Crippen molar-refractivity contribution >= 4 is 17.5 Å². The fourth-order valence-electron chi connectivity index (χ4n) is 4.79. The summed E-state index contributed by atoms with van der Waals surface area (Å²) in [6.07, 6.45) is 5.05. The Morgan fingerprint density at radius 2 is 1.91 bits per heavy atom. The summed E-state index contributed by atoms with van der Waals surface area (Å²) in [6.45, 7) is 10.8. The molecule has 0 saturated carbocycles. The monoisotopic (exact) mass is 493 g/mol. The molecule has 0 unspecified atom stereocenters. The molecule has 0 atom stereocenters. The Balaban J connectivity index is 1.37. The second-order valence-electron chi connectivity index (χ2n) is 9.16. The first kappa shape index (κ1) is 25.4. The maximum atomic E-state index is 9.58. The standard InChI is InChI=1S/C28H36ClN5O/c1-3-33-16-12-24(13-17-33)34(4-2)20-22-6-5-7-23(18-22)26-11-15-31-28(32-26)30-14-10-21-8-9-27(35)25(29)19-21/h5-9,11,15,18-19,24,35H,3-4,10,12-14,16-17,20H2,1-2H3,(H,30,31,32). The van der Waals surface area contributed by atoms with E-state index in [0.717, 1.165) is 42.9 Å². The van der Waals surface area contributed by atoms with E-state index in [9.17, 15) is 5.11 Å².